The van der Waals surface area contributed by atoms with Gasteiger partial charge in [-0.2, -0.15) is 5.10 Å². The third-order valence-electron chi connectivity index (χ3n) is 3.95. The molecular weight excluding hydrogens is 427 g/mol. The second kappa shape index (κ2) is 9.91. The van der Waals surface area contributed by atoms with Crippen LogP contribution in [0.2, 0.25) is 10.0 Å². The van der Waals surface area contributed by atoms with Crippen LogP contribution in [0.15, 0.2) is 71.8 Å². The number of benzene rings is 3. The molecule has 0 fully saturated rings. The van der Waals surface area contributed by atoms with E-state index in [1.807, 2.05) is 0 Å². The van der Waals surface area contributed by atoms with E-state index in [2.05, 4.69) is 10.5 Å². The van der Waals surface area contributed by atoms with Gasteiger partial charge in [0.1, 0.15) is 11.5 Å². The summed E-state index contributed by atoms with van der Waals surface area (Å²) in [4.78, 5) is 24.3. The lowest BCUT2D eigenvalue weighted by Crippen LogP contribution is -2.17. The van der Waals surface area contributed by atoms with Gasteiger partial charge in [0.25, 0.3) is 5.91 Å². The van der Waals surface area contributed by atoms with Crippen molar-refractivity contribution in [2.24, 2.45) is 5.10 Å². The Bertz CT molecular complexity index is 1100. The number of hydrazone groups is 1. The summed E-state index contributed by atoms with van der Waals surface area (Å²) in [6.07, 6.45) is 1.47. The Morgan fingerprint density at radius 1 is 0.967 bits per heavy atom. The fourth-order valence-electron chi connectivity index (χ4n) is 2.43. The molecule has 0 bridgehead atoms. The number of nitrogens with one attached hydrogen (secondary N) is 1. The molecule has 30 heavy (non-hydrogen) atoms. The molecule has 0 aliphatic heterocycles. The second-order valence-corrected chi connectivity index (χ2v) is 6.86. The molecule has 152 valence electrons. The van der Waals surface area contributed by atoms with Crippen LogP contribution in [0.1, 0.15) is 26.3 Å². The number of esters is 1. The van der Waals surface area contributed by atoms with Gasteiger partial charge < -0.3 is 9.47 Å². The van der Waals surface area contributed by atoms with Gasteiger partial charge in [0, 0.05) is 10.6 Å². The largest absolute Gasteiger partial charge is 0.497 e. The van der Waals surface area contributed by atoms with E-state index in [-0.39, 0.29) is 16.5 Å². The van der Waals surface area contributed by atoms with Gasteiger partial charge in [-0.15, -0.1) is 0 Å². The molecule has 0 spiro atoms. The summed E-state index contributed by atoms with van der Waals surface area (Å²) in [7, 11) is 1.53. The van der Waals surface area contributed by atoms with Gasteiger partial charge in [0.2, 0.25) is 0 Å². The zero-order valence-electron chi connectivity index (χ0n) is 15.8. The number of methoxy groups -OCH3 is 1. The van der Waals surface area contributed by atoms with Crippen LogP contribution in [-0.4, -0.2) is 25.2 Å². The van der Waals surface area contributed by atoms with Crippen molar-refractivity contribution in [1.82, 2.24) is 5.43 Å². The lowest BCUT2D eigenvalue weighted by Gasteiger charge is -2.06. The highest BCUT2D eigenvalue weighted by Crippen LogP contribution is 2.23. The van der Waals surface area contributed by atoms with Crippen molar-refractivity contribution in [2.45, 2.75) is 0 Å². The monoisotopic (exact) mass is 442 g/mol. The molecule has 0 saturated carbocycles. The molecule has 0 saturated heterocycles. The number of carbonyl (C=O) groups is 2. The van der Waals surface area contributed by atoms with Crippen molar-refractivity contribution < 1.29 is 19.1 Å². The van der Waals surface area contributed by atoms with E-state index < -0.39 is 5.97 Å². The first kappa shape index (κ1) is 21.4. The Morgan fingerprint density at radius 3 is 2.43 bits per heavy atom. The minimum absolute atomic E-state index is 0.211. The average Bonchev–Trinajstić information content (AvgIpc) is 2.74. The van der Waals surface area contributed by atoms with Crippen molar-refractivity contribution in [3.63, 3.8) is 0 Å². The average molecular weight is 443 g/mol. The number of rotatable bonds is 6. The molecule has 0 unspecified atom stereocenters. The molecule has 0 heterocycles. The zero-order chi connectivity index (χ0) is 21.5. The van der Waals surface area contributed by atoms with Crippen LogP contribution in [0.5, 0.6) is 11.5 Å². The Hall–Kier alpha value is -3.35. The van der Waals surface area contributed by atoms with Gasteiger partial charge in [-0.3, -0.25) is 4.79 Å². The number of ether oxygens (including phenoxy) is 2. The summed E-state index contributed by atoms with van der Waals surface area (Å²) in [5.74, 6) is -0.0422. The first-order chi connectivity index (χ1) is 14.5. The van der Waals surface area contributed by atoms with Gasteiger partial charge in [-0.25, -0.2) is 10.2 Å². The summed E-state index contributed by atoms with van der Waals surface area (Å²) in [6.45, 7) is 0. The molecule has 0 atom stereocenters. The third kappa shape index (κ3) is 5.59. The molecule has 0 aliphatic carbocycles. The number of carbonyl (C=O) groups excluding carboxylic acids is 2. The molecule has 3 aromatic carbocycles. The van der Waals surface area contributed by atoms with Crippen LogP contribution >= 0.6 is 23.2 Å². The standard InChI is InChI=1S/C22H16Cl2N2O4/c1-29-18-4-2-3-15(11-18)21(27)26-25-13-14-5-8-17(9-6-14)30-22(28)19-10-7-16(23)12-20(19)24/h2-13H,1H3,(H,26,27)/b25-13+. The topological polar surface area (TPSA) is 77.0 Å². The maximum atomic E-state index is 12.2. The van der Waals surface area contributed by atoms with Gasteiger partial charge in [-0.05, 0) is 66.2 Å². The van der Waals surface area contributed by atoms with E-state index in [0.717, 1.165) is 0 Å². The molecule has 1 amide bonds. The van der Waals surface area contributed by atoms with Gasteiger partial charge >= 0.3 is 5.97 Å². The Labute approximate surface area is 183 Å². The maximum Gasteiger partial charge on any atom is 0.345 e. The maximum absolute atomic E-state index is 12.2. The number of hydrogen-bond donors (Lipinski definition) is 1. The van der Waals surface area contributed by atoms with E-state index in [1.54, 1.807) is 54.6 Å². The first-order valence-corrected chi connectivity index (χ1v) is 9.46. The fourth-order valence-corrected chi connectivity index (χ4v) is 2.92. The van der Waals surface area contributed by atoms with E-state index in [1.165, 1.54) is 25.5 Å². The summed E-state index contributed by atoms with van der Waals surface area (Å²) in [5.41, 5.74) is 3.78. The zero-order valence-corrected chi connectivity index (χ0v) is 17.3. The summed E-state index contributed by atoms with van der Waals surface area (Å²) >= 11 is 11.8. The first-order valence-electron chi connectivity index (χ1n) is 8.71. The molecular formula is C22H16Cl2N2O4. The summed E-state index contributed by atoms with van der Waals surface area (Å²) in [5, 5.41) is 4.57. The molecule has 0 radical (unpaired) electrons. The normalized spacial score (nSPS) is 10.6. The van der Waals surface area contributed by atoms with Crippen LogP contribution in [0.25, 0.3) is 0 Å². The van der Waals surface area contributed by atoms with Crippen molar-refractivity contribution in [3.05, 3.63) is 93.5 Å². The SMILES string of the molecule is COc1cccc(C(=O)N/N=C/c2ccc(OC(=O)c3ccc(Cl)cc3Cl)cc2)c1. The molecule has 0 aromatic heterocycles. The van der Waals surface area contributed by atoms with Crippen molar-refractivity contribution >= 4 is 41.3 Å². The van der Waals surface area contributed by atoms with Gasteiger partial charge in [0.15, 0.2) is 0 Å². The number of hydrogen-bond acceptors (Lipinski definition) is 5. The van der Waals surface area contributed by atoms with Crippen LogP contribution in [0.3, 0.4) is 0 Å². The van der Waals surface area contributed by atoms with Crippen LogP contribution < -0.4 is 14.9 Å². The van der Waals surface area contributed by atoms with Crippen molar-refractivity contribution in [1.29, 1.82) is 0 Å². The lowest BCUT2D eigenvalue weighted by atomic mass is 10.2. The van der Waals surface area contributed by atoms with E-state index >= 15 is 0 Å². The molecule has 3 rings (SSSR count). The number of halogens is 2. The quantitative estimate of drug-likeness (QED) is 0.252. The lowest BCUT2D eigenvalue weighted by molar-refractivity contribution is 0.0734. The minimum Gasteiger partial charge on any atom is -0.497 e. The minimum atomic E-state index is -0.594. The molecule has 8 heteroatoms. The Kier molecular flexibility index (Phi) is 7.06. The van der Waals surface area contributed by atoms with Gasteiger partial charge in [0.05, 0.1) is 23.9 Å². The highest BCUT2D eigenvalue weighted by atomic mass is 35.5. The molecule has 6 nitrogen and oxygen atoms in total. The van der Waals surface area contributed by atoms with E-state index in [4.69, 9.17) is 32.7 Å². The molecule has 1 N–H and O–H groups in total. The third-order valence-corrected chi connectivity index (χ3v) is 4.50. The summed E-state index contributed by atoms with van der Waals surface area (Å²) < 4.78 is 10.4. The Morgan fingerprint density at radius 2 is 1.73 bits per heavy atom. The molecule has 3 aromatic rings. The smallest absolute Gasteiger partial charge is 0.345 e. The van der Waals surface area contributed by atoms with Gasteiger partial charge in [-0.1, -0.05) is 29.3 Å². The van der Waals surface area contributed by atoms with E-state index in [0.29, 0.717) is 27.6 Å². The number of nitrogens with zero attached hydrogens (tertiary/aromatic N) is 1. The van der Waals surface area contributed by atoms with Crippen LogP contribution in [0, 0.1) is 0 Å². The fraction of sp³-hybridized carbons (Fsp3) is 0.0455. The van der Waals surface area contributed by atoms with Crippen molar-refractivity contribution in [2.75, 3.05) is 7.11 Å². The van der Waals surface area contributed by atoms with Crippen molar-refractivity contribution in [3.8, 4) is 11.5 Å². The predicted octanol–water partition coefficient (Wildman–Crippen LogP) is 4.99. The Balaban J connectivity index is 1.58. The highest BCUT2D eigenvalue weighted by Gasteiger charge is 2.13. The van der Waals surface area contributed by atoms with E-state index in [9.17, 15) is 9.59 Å². The van der Waals surface area contributed by atoms with Crippen LogP contribution in [-0.2, 0) is 0 Å². The predicted molar refractivity (Wildman–Crippen MR) is 116 cm³/mol. The second-order valence-electron chi connectivity index (χ2n) is 6.01. The molecule has 0 aliphatic rings. The number of amides is 1. The van der Waals surface area contributed by atoms with Crippen LogP contribution in [0.4, 0.5) is 0 Å². The summed E-state index contributed by atoms with van der Waals surface area (Å²) in [6, 6.07) is 17.8. The highest BCUT2D eigenvalue weighted by molar-refractivity contribution is 6.36.